The third-order valence-electron chi connectivity index (χ3n) is 5.73. The van der Waals surface area contributed by atoms with E-state index in [1.807, 2.05) is 59.5 Å². The lowest BCUT2D eigenvalue weighted by Gasteiger charge is -2.17. The summed E-state index contributed by atoms with van der Waals surface area (Å²) in [5.74, 6) is 0.871. The molecule has 0 N–H and O–H groups in total. The predicted molar refractivity (Wildman–Crippen MR) is 114 cm³/mol. The third kappa shape index (κ3) is 3.59. The van der Waals surface area contributed by atoms with Crippen molar-refractivity contribution >= 4 is 16.9 Å². The number of para-hydroxylation sites is 2. The second-order valence-electron chi connectivity index (χ2n) is 7.83. The van der Waals surface area contributed by atoms with Crippen LogP contribution in [0.5, 0.6) is 0 Å². The minimum Gasteiger partial charge on any atom is -0.338 e. The number of halogens is 1. The second-order valence-corrected chi connectivity index (χ2v) is 7.83. The number of carbonyl (C=O) groups is 1. The Morgan fingerprint density at radius 1 is 0.867 bits per heavy atom. The van der Waals surface area contributed by atoms with E-state index in [0.29, 0.717) is 26.1 Å². The van der Waals surface area contributed by atoms with Gasteiger partial charge in [-0.1, -0.05) is 54.6 Å². The molecule has 150 valence electrons. The molecule has 30 heavy (non-hydrogen) atoms. The van der Waals surface area contributed by atoms with Gasteiger partial charge in [0.2, 0.25) is 5.91 Å². The molecule has 0 spiro atoms. The van der Waals surface area contributed by atoms with Crippen LogP contribution in [0.4, 0.5) is 4.39 Å². The summed E-state index contributed by atoms with van der Waals surface area (Å²) in [6.07, 6.45) is 0.458. The second kappa shape index (κ2) is 7.75. The fraction of sp³-hybridized carbons (Fsp3) is 0.200. The smallest absolute Gasteiger partial charge is 0.223 e. The molecule has 4 aromatic rings. The average Bonchev–Trinajstić information content (AvgIpc) is 3.31. The molecule has 1 fully saturated rings. The summed E-state index contributed by atoms with van der Waals surface area (Å²) in [5.41, 5.74) is 4.09. The van der Waals surface area contributed by atoms with Crippen LogP contribution in [0.15, 0.2) is 78.9 Å². The minimum absolute atomic E-state index is 0.0362. The summed E-state index contributed by atoms with van der Waals surface area (Å²) in [6, 6.07) is 24.6. The minimum atomic E-state index is -0.243. The zero-order chi connectivity index (χ0) is 20.5. The van der Waals surface area contributed by atoms with Gasteiger partial charge in [-0.2, -0.15) is 0 Å². The molecule has 0 bridgehead atoms. The summed E-state index contributed by atoms with van der Waals surface area (Å²) in [5, 5.41) is 0. The molecule has 1 saturated heterocycles. The highest BCUT2D eigenvalue weighted by atomic mass is 19.1. The van der Waals surface area contributed by atoms with Crippen LogP contribution in [-0.2, 0) is 17.9 Å². The average molecular weight is 399 g/mol. The van der Waals surface area contributed by atoms with Crippen molar-refractivity contribution < 1.29 is 9.18 Å². The highest BCUT2D eigenvalue weighted by molar-refractivity contribution is 5.81. The van der Waals surface area contributed by atoms with Crippen LogP contribution in [0.25, 0.3) is 11.0 Å². The number of rotatable bonds is 5. The Morgan fingerprint density at radius 2 is 1.57 bits per heavy atom. The van der Waals surface area contributed by atoms with E-state index in [1.54, 1.807) is 12.1 Å². The summed E-state index contributed by atoms with van der Waals surface area (Å²) < 4.78 is 15.5. The molecule has 0 saturated carbocycles. The number of nitrogens with zero attached hydrogens (tertiary/aromatic N) is 3. The lowest BCUT2D eigenvalue weighted by molar-refractivity contribution is -0.128. The van der Waals surface area contributed by atoms with Crippen molar-refractivity contribution in [1.29, 1.82) is 0 Å². The first kappa shape index (κ1) is 18.6. The molecule has 0 aliphatic carbocycles. The van der Waals surface area contributed by atoms with Gasteiger partial charge < -0.3 is 9.47 Å². The van der Waals surface area contributed by atoms with E-state index in [4.69, 9.17) is 4.98 Å². The number of aromatic nitrogens is 2. The normalized spacial score (nSPS) is 16.5. The number of likely N-dealkylation sites (tertiary alicyclic amines) is 1. The molecule has 0 radical (unpaired) electrons. The van der Waals surface area contributed by atoms with Crippen LogP contribution in [0.3, 0.4) is 0 Å². The maximum absolute atomic E-state index is 13.3. The molecule has 0 unspecified atom stereocenters. The van der Waals surface area contributed by atoms with Gasteiger partial charge in [-0.15, -0.1) is 0 Å². The Bertz CT molecular complexity index is 1180. The Hall–Kier alpha value is -3.47. The van der Waals surface area contributed by atoms with Crippen LogP contribution in [-0.4, -0.2) is 26.9 Å². The first-order chi connectivity index (χ1) is 14.7. The number of carbonyl (C=O) groups excluding carboxylic acids is 1. The number of imidazole rings is 1. The van der Waals surface area contributed by atoms with Gasteiger partial charge >= 0.3 is 0 Å². The van der Waals surface area contributed by atoms with E-state index >= 15 is 0 Å². The van der Waals surface area contributed by atoms with Crippen LogP contribution in [0.1, 0.15) is 29.3 Å². The fourth-order valence-corrected chi connectivity index (χ4v) is 4.25. The molecule has 3 aromatic carbocycles. The highest BCUT2D eigenvalue weighted by Gasteiger charge is 2.34. The van der Waals surface area contributed by atoms with Crippen LogP contribution in [0, 0.1) is 5.82 Å². The van der Waals surface area contributed by atoms with E-state index in [-0.39, 0.29) is 17.6 Å². The van der Waals surface area contributed by atoms with Crippen molar-refractivity contribution in [3.63, 3.8) is 0 Å². The molecule has 4 nitrogen and oxygen atoms in total. The summed E-state index contributed by atoms with van der Waals surface area (Å²) in [4.78, 5) is 19.5. The van der Waals surface area contributed by atoms with E-state index in [2.05, 4.69) is 4.57 Å². The number of hydrogen-bond acceptors (Lipinski definition) is 2. The SMILES string of the molecule is O=C1C[C@@H](c2nc3ccccc3n2Cc2ccc(F)cc2)CN1Cc1ccccc1. The van der Waals surface area contributed by atoms with Crippen molar-refractivity contribution in [2.75, 3.05) is 6.54 Å². The Balaban J connectivity index is 1.46. The maximum atomic E-state index is 13.3. The third-order valence-corrected chi connectivity index (χ3v) is 5.73. The fourth-order valence-electron chi connectivity index (χ4n) is 4.25. The van der Waals surface area contributed by atoms with Crippen molar-refractivity contribution in [2.45, 2.75) is 25.4 Å². The van der Waals surface area contributed by atoms with Crippen molar-refractivity contribution in [3.8, 4) is 0 Å². The monoisotopic (exact) mass is 399 g/mol. The Morgan fingerprint density at radius 3 is 2.37 bits per heavy atom. The van der Waals surface area contributed by atoms with E-state index in [1.165, 1.54) is 12.1 Å². The number of hydrogen-bond donors (Lipinski definition) is 0. The Labute approximate surface area is 174 Å². The maximum Gasteiger partial charge on any atom is 0.223 e. The zero-order valence-electron chi connectivity index (χ0n) is 16.5. The molecular weight excluding hydrogens is 377 g/mol. The number of benzene rings is 3. The molecule has 5 heteroatoms. The molecule has 5 rings (SSSR count). The molecule has 1 aliphatic rings. The summed E-state index contributed by atoms with van der Waals surface area (Å²) in [6.45, 7) is 1.87. The van der Waals surface area contributed by atoms with Crippen molar-refractivity contribution in [3.05, 3.63) is 102 Å². The van der Waals surface area contributed by atoms with Gasteiger partial charge in [-0.05, 0) is 35.4 Å². The quantitative estimate of drug-likeness (QED) is 0.486. The van der Waals surface area contributed by atoms with Crippen LogP contribution >= 0.6 is 0 Å². The topological polar surface area (TPSA) is 38.1 Å². The molecule has 1 atom stereocenters. The number of amides is 1. The lowest BCUT2D eigenvalue weighted by Crippen LogP contribution is -2.24. The van der Waals surface area contributed by atoms with Crippen LogP contribution in [0.2, 0.25) is 0 Å². The predicted octanol–water partition coefficient (Wildman–Crippen LogP) is 4.74. The van der Waals surface area contributed by atoms with Gasteiger partial charge in [0.05, 0.1) is 11.0 Å². The highest BCUT2D eigenvalue weighted by Crippen LogP contribution is 2.31. The van der Waals surface area contributed by atoms with Crippen molar-refractivity contribution in [1.82, 2.24) is 14.5 Å². The lowest BCUT2D eigenvalue weighted by atomic mass is 10.1. The van der Waals surface area contributed by atoms with E-state index in [0.717, 1.165) is 28.0 Å². The summed E-state index contributed by atoms with van der Waals surface area (Å²) >= 11 is 0. The zero-order valence-corrected chi connectivity index (χ0v) is 16.5. The van der Waals surface area contributed by atoms with Gasteiger partial charge in [0.25, 0.3) is 0 Å². The number of fused-ring (bicyclic) bond motifs is 1. The molecule has 1 aliphatic heterocycles. The van der Waals surface area contributed by atoms with Gasteiger partial charge in [-0.3, -0.25) is 4.79 Å². The molecular formula is C25H22FN3O. The van der Waals surface area contributed by atoms with Gasteiger partial charge in [0, 0.05) is 32.0 Å². The summed E-state index contributed by atoms with van der Waals surface area (Å²) in [7, 11) is 0. The van der Waals surface area contributed by atoms with E-state index < -0.39 is 0 Å². The first-order valence-corrected chi connectivity index (χ1v) is 10.2. The van der Waals surface area contributed by atoms with Gasteiger partial charge in [0.1, 0.15) is 11.6 Å². The molecule has 2 heterocycles. The first-order valence-electron chi connectivity index (χ1n) is 10.2. The molecule has 1 aromatic heterocycles. The largest absolute Gasteiger partial charge is 0.338 e. The Kier molecular flexibility index (Phi) is 4.79. The van der Waals surface area contributed by atoms with Gasteiger partial charge in [0.15, 0.2) is 0 Å². The van der Waals surface area contributed by atoms with Gasteiger partial charge in [-0.25, -0.2) is 9.37 Å². The van der Waals surface area contributed by atoms with Crippen molar-refractivity contribution in [2.24, 2.45) is 0 Å². The van der Waals surface area contributed by atoms with E-state index in [9.17, 15) is 9.18 Å². The molecule has 1 amide bonds. The standard InChI is InChI=1S/C25H22FN3O/c26-21-12-10-19(11-13-21)16-29-23-9-5-4-8-22(23)27-25(29)20-14-24(30)28(17-20)15-18-6-2-1-3-7-18/h1-13,20H,14-17H2/t20-/m1/s1. The van der Waals surface area contributed by atoms with Crippen LogP contribution < -0.4 is 0 Å².